The molecule has 0 spiro atoms. The van der Waals surface area contributed by atoms with Crippen LogP contribution < -0.4 is 4.90 Å². The monoisotopic (exact) mass is 861 g/mol. The Bertz CT molecular complexity index is 3160. The summed E-state index contributed by atoms with van der Waals surface area (Å²) in [4.78, 5) is 6.76. The number of fused-ring (bicyclic) bond motifs is 4. The number of aromatic nitrogens is 2. The fraction of sp³-hybridized carbons (Fsp3) is 0.0469. The molecule has 3 nitrogen and oxygen atoms in total. The molecule has 1 aliphatic rings. The molecule has 1 aliphatic carbocycles. The molecule has 0 bridgehead atoms. The molecule has 0 radical (unpaired) electrons. The molecule has 67 heavy (non-hydrogen) atoms. The molecule has 0 amide bonds. The number of aryl methyl sites for hydroxylation is 1. The normalized spacial score (nSPS) is 11.9. The first-order valence-electron chi connectivity index (χ1n) is 22.9. The Labute approximate surface area is 394 Å². The van der Waals surface area contributed by atoms with Crippen LogP contribution in [0.2, 0.25) is 0 Å². The van der Waals surface area contributed by atoms with E-state index >= 15 is 0 Å². The Balaban J connectivity index is 0.000000121. The molecule has 3 heteroatoms. The molecule has 12 rings (SSSR count). The molecule has 0 aliphatic heterocycles. The van der Waals surface area contributed by atoms with E-state index in [4.69, 9.17) is 0 Å². The third-order valence-corrected chi connectivity index (χ3v) is 12.8. The van der Waals surface area contributed by atoms with Crippen LogP contribution in [-0.4, -0.2) is 16.6 Å². The third-order valence-electron chi connectivity index (χ3n) is 12.8. The van der Waals surface area contributed by atoms with Crippen LogP contribution in [0.25, 0.3) is 50.1 Å². The zero-order chi connectivity index (χ0) is 45.4. The second kappa shape index (κ2) is 19.3. The van der Waals surface area contributed by atoms with Crippen LogP contribution in [0.5, 0.6) is 0 Å². The zero-order valence-electron chi connectivity index (χ0n) is 37.8. The van der Waals surface area contributed by atoms with Crippen LogP contribution in [0.3, 0.4) is 0 Å². The fourth-order valence-electron chi connectivity index (χ4n) is 9.61. The zero-order valence-corrected chi connectivity index (χ0v) is 37.8. The van der Waals surface area contributed by atoms with Crippen LogP contribution >= 0.6 is 0 Å². The van der Waals surface area contributed by atoms with E-state index in [1.54, 1.807) is 0 Å². The molecule has 322 valence electrons. The summed E-state index contributed by atoms with van der Waals surface area (Å²) < 4.78 is 2.18. The molecule has 0 N–H and O–H groups in total. The van der Waals surface area contributed by atoms with Gasteiger partial charge in [0.15, 0.2) is 0 Å². The molecule has 0 unspecified atom stereocenters. The van der Waals surface area contributed by atoms with Gasteiger partial charge < -0.3 is 4.90 Å². The maximum Gasteiger partial charge on any atom is 0.111 e. The average molecular weight is 862 g/mol. The molecule has 1 aromatic heterocycles. The highest BCUT2D eigenvalue weighted by Crippen LogP contribution is 2.55. The van der Waals surface area contributed by atoms with Gasteiger partial charge in [0.2, 0.25) is 0 Å². The van der Waals surface area contributed by atoms with Gasteiger partial charge in [-0.05, 0) is 111 Å². The lowest BCUT2D eigenvalue weighted by Crippen LogP contribution is -2.28. The van der Waals surface area contributed by atoms with Crippen LogP contribution in [0, 0.1) is 6.92 Å². The summed E-state index contributed by atoms with van der Waals surface area (Å²) in [6, 6.07) is 96.3. The predicted octanol–water partition coefficient (Wildman–Crippen LogP) is 16.2. The summed E-state index contributed by atoms with van der Waals surface area (Å²) >= 11 is 0. The highest BCUT2D eigenvalue weighted by molar-refractivity contribution is 5.86. The molecule has 0 saturated heterocycles. The van der Waals surface area contributed by atoms with Crippen molar-refractivity contribution in [2.24, 2.45) is 0 Å². The number of benzene rings is 10. The Hall–Kier alpha value is -8.53. The van der Waals surface area contributed by atoms with Crippen molar-refractivity contribution in [1.82, 2.24) is 9.55 Å². The third kappa shape index (κ3) is 8.47. The lowest BCUT2D eigenvalue weighted by Gasteiger charge is -2.33. The number of hydrogen-bond donors (Lipinski definition) is 0. The van der Waals surface area contributed by atoms with Crippen molar-refractivity contribution in [3.05, 3.63) is 301 Å². The van der Waals surface area contributed by atoms with E-state index in [0.29, 0.717) is 0 Å². The minimum Gasteiger partial charge on any atom is -0.345 e. The number of anilines is 2. The van der Waals surface area contributed by atoms with Gasteiger partial charge in [-0.2, -0.15) is 0 Å². The Kier molecular flexibility index (Phi) is 12.2. The first-order chi connectivity index (χ1) is 33.1. The van der Waals surface area contributed by atoms with Crippen molar-refractivity contribution in [2.75, 3.05) is 11.9 Å². The first kappa shape index (κ1) is 42.4. The van der Waals surface area contributed by atoms with Gasteiger partial charge in [0, 0.05) is 24.1 Å². The van der Waals surface area contributed by atoms with E-state index < -0.39 is 0 Å². The van der Waals surface area contributed by atoms with Gasteiger partial charge in [0.05, 0.1) is 16.4 Å². The molecule has 0 saturated carbocycles. The minimum atomic E-state index is -0.254. The first-order valence-corrected chi connectivity index (χ1v) is 22.9. The number of nitrogens with zero attached hydrogens (tertiary/aromatic N) is 3. The number of rotatable bonds is 7. The molecule has 0 fully saturated rings. The predicted molar refractivity (Wildman–Crippen MR) is 281 cm³/mol. The van der Waals surface area contributed by atoms with E-state index in [1.807, 2.05) is 55.5 Å². The summed E-state index contributed by atoms with van der Waals surface area (Å²) in [5.74, 6) is 1.02. The van der Waals surface area contributed by atoms with Crippen molar-refractivity contribution in [2.45, 2.75) is 12.3 Å². The lowest BCUT2D eigenvalue weighted by atomic mass is 9.68. The van der Waals surface area contributed by atoms with Crippen LogP contribution in [0.1, 0.15) is 28.1 Å². The van der Waals surface area contributed by atoms with Gasteiger partial charge in [-0.3, -0.25) is 4.57 Å². The topological polar surface area (TPSA) is 21.1 Å². The van der Waals surface area contributed by atoms with E-state index in [9.17, 15) is 0 Å². The number of imidazole rings is 1. The molecule has 1 heterocycles. The van der Waals surface area contributed by atoms with E-state index in [0.717, 1.165) is 22.5 Å². The van der Waals surface area contributed by atoms with Gasteiger partial charge in [-0.1, -0.05) is 224 Å². The van der Waals surface area contributed by atoms with Gasteiger partial charge in [0.25, 0.3) is 0 Å². The summed E-state index contributed by atoms with van der Waals surface area (Å²) in [5, 5.41) is 0. The standard InChI is InChI=1S/C25H21N.C25H18.C14H12N2/c1-26(24-16-12-22(13-17-24)20-8-4-2-5-9-20)25-18-14-23(15-19-25)21-10-6-3-7-11-21;1-3-11-19(12-4-1)25(20-13-5-2-6-14-20)23-17-9-7-15-21(23)22-16-8-10-18-24(22)25;1-11-15-13-9-5-6-10-14(13)16(11)12-7-3-2-4-8-12/h2-19H,1H3;1-18H;2-10H,1H3. The molecule has 10 aromatic carbocycles. The van der Waals surface area contributed by atoms with Gasteiger partial charge >= 0.3 is 0 Å². The van der Waals surface area contributed by atoms with Gasteiger partial charge in [-0.25, -0.2) is 4.98 Å². The smallest absolute Gasteiger partial charge is 0.111 e. The highest BCUT2D eigenvalue weighted by Gasteiger charge is 2.45. The van der Waals surface area contributed by atoms with Crippen molar-refractivity contribution in [3.63, 3.8) is 0 Å². The van der Waals surface area contributed by atoms with E-state index in [2.05, 4.69) is 246 Å². The average Bonchev–Trinajstić information content (AvgIpc) is 3.92. The van der Waals surface area contributed by atoms with Crippen molar-refractivity contribution in [1.29, 1.82) is 0 Å². The van der Waals surface area contributed by atoms with Gasteiger partial charge in [0.1, 0.15) is 5.82 Å². The SMILES string of the molecule is CN(c1ccc(-c2ccccc2)cc1)c1ccc(-c2ccccc2)cc1.Cc1nc2ccccc2n1-c1ccccc1.c1ccc(C2(c3ccccc3)c3ccccc3-c3ccccc32)cc1. The van der Waals surface area contributed by atoms with Crippen LogP contribution in [0.15, 0.2) is 273 Å². The molecule has 11 aromatic rings. The van der Waals surface area contributed by atoms with Crippen LogP contribution in [0.4, 0.5) is 11.4 Å². The second-order valence-electron chi connectivity index (χ2n) is 16.8. The number of hydrogen-bond acceptors (Lipinski definition) is 2. The van der Waals surface area contributed by atoms with Crippen molar-refractivity contribution in [3.8, 4) is 39.1 Å². The van der Waals surface area contributed by atoms with Gasteiger partial charge in [-0.15, -0.1) is 0 Å². The maximum absolute atomic E-state index is 4.55. The van der Waals surface area contributed by atoms with E-state index in [1.165, 1.54) is 67.0 Å². The summed E-state index contributed by atoms with van der Waals surface area (Å²) in [5.41, 5.74) is 18.5. The maximum atomic E-state index is 4.55. The van der Waals surface area contributed by atoms with Crippen molar-refractivity contribution >= 4 is 22.4 Å². The summed E-state index contributed by atoms with van der Waals surface area (Å²) in [6.45, 7) is 2.03. The Morgan fingerprint density at radius 2 is 0.716 bits per heavy atom. The highest BCUT2D eigenvalue weighted by atomic mass is 15.1. The second-order valence-corrected chi connectivity index (χ2v) is 16.8. The lowest BCUT2D eigenvalue weighted by molar-refractivity contribution is 0.768. The summed E-state index contributed by atoms with van der Waals surface area (Å²) in [7, 11) is 2.11. The largest absolute Gasteiger partial charge is 0.345 e. The fourth-order valence-corrected chi connectivity index (χ4v) is 9.61. The molecular formula is C64H51N3. The van der Waals surface area contributed by atoms with E-state index in [-0.39, 0.29) is 5.41 Å². The summed E-state index contributed by atoms with van der Waals surface area (Å²) in [6.07, 6.45) is 0. The minimum absolute atomic E-state index is 0.254. The molecular weight excluding hydrogens is 811 g/mol. The van der Waals surface area contributed by atoms with Crippen LogP contribution in [-0.2, 0) is 5.41 Å². The number of para-hydroxylation sites is 3. The van der Waals surface area contributed by atoms with Crippen molar-refractivity contribution < 1.29 is 0 Å². The Morgan fingerprint density at radius 1 is 0.358 bits per heavy atom. The molecule has 0 atom stereocenters. The quantitative estimate of drug-likeness (QED) is 0.159. The Morgan fingerprint density at radius 3 is 1.18 bits per heavy atom.